The summed E-state index contributed by atoms with van der Waals surface area (Å²) in [5.41, 5.74) is 1.82. The lowest BCUT2D eigenvalue weighted by Crippen LogP contribution is -2.41. The molecule has 7 heteroatoms. The molecule has 1 fully saturated rings. The fourth-order valence-corrected chi connectivity index (χ4v) is 3.64. The van der Waals surface area contributed by atoms with Gasteiger partial charge in [0.2, 0.25) is 5.91 Å². The summed E-state index contributed by atoms with van der Waals surface area (Å²) in [6.07, 6.45) is 2.62. The van der Waals surface area contributed by atoms with Crippen LogP contribution in [0.4, 0.5) is 11.4 Å². The number of aryl methyl sites for hydroxylation is 1. The summed E-state index contributed by atoms with van der Waals surface area (Å²) in [6.45, 7) is 11.5. The third-order valence-electron chi connectivity index (χ3n) is 5.45. The maximum atomic E-state index is 12.4. The van der Waals surface area contributed by atoms with Crippen LogP contribution < -0.4 is 10.2 Å². The zero-order valence-electron chi connectivity index (χ0n) is 16.7. The number of piperidine rings is 1. The molecule has 1 amide bonds. The number of nitro groups is 1. The van der Waals surface area contributed by atoms with Gasteiger partial charge in [0, 0.05) is 42.9 Å². The summed E-state index contributed by atoms with van der Waals surface area (Å²) >= 11 is 0. The Morgan fingerprint density at radius 3 is 2.52 bits per heavy atom. The van der Waals surface area contributed by atoms with Crippen LogP contribution in [0.15, 0.2) is 18.2 Å². The summed E-state index contributed by atoms with van der Waals surface area (Å²) in [5.74, 6) is 0.225. The number of nitrogens with zero attached hydrogens (tertiary/aromatic N) is 3. The fourth-order valence-electron chi connectivity index (χ4n) is 3.64. The first kappa shape index (κ1) is 21.2. The van der Waals surface area contributed by atoms with E-state index in [1.165, 1.54) is 0 Å². The van der Waals surface area contributed by atoms with Crippen LogP contribution in [0.5, 0.6) is 0 Å². The molecule has 0 spiro atoms. The smallest absolute Gasteiger partial charge is 0.272 e. The number of benzene rings is 1. The van der Waals surface area contributed by atoms with E-state index in [0.717, 1.165) is 64.2 Å². The molecule has 1 saturated heterocycles. The van der Waals surface area contributed by atoms with E-state index in [9.17, 15) is 14.9 Å². The molecule has 1 aromatic carbocycles. The SMILES string of the molecule is CCN(CC)CCCNC(=O)C1CCN(c2ccc([N+](=O)[O-])c(C)c2)CC1. The highest BCUT2D eigenvalue weighted by atomic mass is 16.6. The van der Waals surface area contributed by atoms with Crippen molar-refractivity contribution in [2.24, 2.45) is 5.92 Å². The Morgan fingerprint density at radius 1 is 1.30 bits per heavy atom. The number of amides is 1. The Balaban J connectivity index is 1.77. The summed E-state index contributed by atoms with van der Waals surface area (Å²) < 4.78 is 0. The Hall–Kier alpha value is -2.15. The standard InChI is InChI=1S/C20H32N4O3/c1-4-22(5-2)12-6-11-21-20(25)17-9-13-23(14-10-17)18-7-8-19(24(26)27)16(3)15-18/h7-8,15,17H,4-6,9-14H2,1-3H3,(H,21,25). The highest BCUT2D eigenvalue weighted by Crippen LogP contribution is 2.27. The maximum Gasteiger partial charge on any atom is 0.272 e. The lowest BCUT2D eigenvalue weighted by molar-refractivity contribution is -0.385. The Bertz CT molecular complexity index is 638. The number of carbonyl (C=O) groups excluding carboxylic acids is 1. The molecule has 0 unspecified atom stereocenters. The molecule has 0 saturated carbocycles. The number of hydrogen-bond donors (Lipinski definition) is 1. The molecule has 0 aliphatic carbocycles. The molecule has 1 aliphatic heterocycles. The van der Waals surface area contributed by atoms with Crippen LogP contribution in [0, 0.1) is 23.0 Å². The van der Waals surface area contributed by atoms with Gasteiger partial charge in [-0.2, -0.15) is 0 Å². The fraction of sp³-hybridized carbons (Fsp3) is 0.650. The van der Waals surface area contributed by atoms with E-state index in [-0.39, 0.29) is 22.4 Å². The van der Waals surface area contributed by atoms with Gasteiger partial charge in [-0.1, -0.05) is 13.8 Å². The van der Waals surface area contributed by atoms with Crippen molar-refractivity contribution in [1.82, 2.24) is 10.2 Å². The third-order valence-corrected chi connectivity index (χ3v) is 5.45. The normalized spacial score (nSPS) is 15.2. The van der Waals surface area contributed by atoms with Crippen LogP contribution >= 0.6 is 0 Å². The molecular formula is C20H32N4O3. The molecule has 1 N–H and O–H groups in total. The number of hydrogen-bond acceptors (Lipinski definition) is 5. The van der Waals surface area contributed by atoms with E-state index < -0.39 is 0 Å². The lowest BCUT2D eigenvalue weighted by Gasteiger charge is -2.33. The lowest BCUT2D eigenvalue weighted by atomic mass is 9.95. The van der Waals surface area contributed by atoms with E-state index in [0.29, 0.717) is 5.56 Å². The van der Waals surface area contributed by atoms with Crippen LogP contribution in [0.1, 0.15) is 38.7 Å². The van der Waals surface area contributed by atoms with Crippen molar-refractivity contribution in [2.45, 2.75) is 40.0 Å². The monoisotopic (exact) mass is 376 g/mol. The number of nitro benzene ring substituents is 1. The van der Waals surface area contributed by atoms with Crippen molar-refractivity contribution in [3.05, 3.63) is 33.9 Å². The number of rotatable bonds is 9. The first-order chi connectivity index (χ1) is 13.0. The van der Waals surface area contributed by atoms with Gasteiger partial charge in [0.15, 0.2) is 0 Å². The van der Waals surface area contributed by atoms with E-state index in [2.05, 4.69) is 29.0 Å². The Morgan fingerprint density at radius 2 is 1.96 bits per heavy atom. The molecule has 1 heterocycles. The second kappa shape index (κ2) is 10.3. The minimum atomic E-state index is -0.351. The van der Waals surface area contributed by atoms with Gasteiger partial charge in [0.1, 0.15) is 0 Å². The predicted molar refractivity (Wildman–Crippen MR) is 108 cm³/mol. The van der Waals surface area contributed by atoms with Gasteiger partial charge in [-0.15, -0.1) is 0 Å². The second-order valence-electron chi connectivity index (χ2n) is 7.16. The molecule has 1 aliphatic rings. The van der Waals surface area contributed by atoms with Crippen LogP contribution in [-0.2, 0) is 4.79 Å². The van der Waals surface area contributed by atoms with Gasteiger partial charge in [0.05, 0.1) is 4.92 Å². The Labute approximate surface area is 161 Å². The van der Waals surface area contributed by atoms with Crippen LogP contribution in [0.25, 0.3) is 0 Å². The molecule has 1 aromatic rings. The highest BCUT2D eigenvalue weighted by Gasteiger charge is 2.25. The summed E-state index contributed by atoms with van der Waals surface area (Å²) in [4.78, 5) is 27.5. The molecule has 0 radical (unpaired) electrons. The molecule has 2 rings (SSSR count). The quantitative estimate of drug-likeness (QED) is 0.407. The average molecular weight is 377 g/mol. The van der Waals surface area contributed by atoms with E-state index in [1.807, 2.05) is 6.07 Å². The largest absolute Gasteiger partial charge is 0.371 e. The van der Waals surface area contributed by atoms with Crippen molar-refractivity contribution in [3.8, 4) is 0 Å². The van der Waals surface area contributed by atoms with Gasteiger partial charge < -0.3 is 15.1 Å². The Kier molecular flexibility index (Phi) is 8.03. The van der Waals surface area contributed by atoms with Crippen LogP contribution in [-0.4, -0.2) is 55.0 Å². The van der Waals surface area contributed by atoms with Crippen molar-refractivity contribution < 1.29 is 9.72 Å². The number of anilines is 1. The molecule has 27 heavy (non-hydrogen) atoms. The molecule has 150 valence electrons. The minimum absolute atomic E-state index is 0.0637. The first-order valence-electron chi connectivity index (χ1n) is 9.96. The highest BCUT2D eigenvalue weighted by molar-refractivity contribution is 5.79. The van der Waals surface area contributed by atoms with Crippen molar-refractivity contribution in [1.29, 1.82) is 0 Å². The average Bonchev–Trinajstić information content (AvgIpc) is 2.67. The summed E-state index contributed by atoms with van der Waals surface area (Å²) in [6, 6.07) is 5.24. The van der Waals surface area contributed by atoms with Crippen LogP contribution in [0.2, 0.25) is 0 Å². The van der Waals surface area contributed by atoms with Crippen molar-refractivity contribution >= 4 is 17.3 Å². The molecule has 0 bridgehead atoms. The van der Waals surface area contributed by atoms with E-state index in [1.54, 1.807) is 19.1 Å². The van der Waals surface area contributed by atoms with Gasteiger partial charge in [-0.25, -0.2) is 0 Å². The first-order valence-corrected chi connectivity index (χ1v) is 9.96. The molecule has 7 nitrogen and oxygen atoms in total. The molecule has 0 aromatic heterocycles. The third kappa shape index (κ3) is 5.92. The van der Waals surface area contributed by atoms with Gasteiger partial charge in [0.25, 0.3) is 5.69 Å². The maximum absolute atomic E-state index is 12.4. The van der Waals surface area contributed by atoms with E-state index >= 15 is 0 Å². The molecule has 0 atom stereocenters. The van der Waals surface area contributed by atoms with Crippen molar-refractivity contribution in [2.75, 3.05) is 44.2 Å². The zero-order chi connectivity index (χ0) is 19.8. The number of carbonyl (C=O) groups is 1. The van der Waals surface area contributed by atoms with E-state index in [4.69, 9.17) is 0 Å². The van der Waals surface area contributed by atoms with Crippen molar-refractivity contribution in [3.63, 3.8) is 0 Å². The molecular weight excluding hydrogens is 344 g/mol. The van der Waals surface area contributed by atoms with Gasteiger partial charge >= 0.3 is 0 Å². The van der Waals surface area contributed by atoms with Gasteiger partial charge in [-0.3, -0.25) is 14.9 Å². The topological polar surface area (TPSA) is 78.7 Å². The second-order valence-corrected chi connectivity index (χ2v) is 7.16. The van der Waals surface area contributed by atoms with Crippen LogP contribution in [0.3, 0.4) is 0 Å². The minimum Gasteiger partial charge on any atom is -0.371 e. The summed E-state index contributed by atoms with van der Waals surface area (Å²) in [7, 11) is 0. The zero-order valence-corrected chi connectivity index (χ0v) is 16.7. The summed E-state index contributed by atoms with van der Waals surface area (Å²) in [5, 5.41) is 14.0. The van der Waals surface area contributed by atoms with Gasteiger partial charge in [-0.05, 0) is 58.0 Å². The predicted octanol–water partition coefficient (Wildman–Crippen LogP) is 2.97. The number of nitrogens with one attached hydrogen (secondary N) is 1.